The summed E-state index contributed by atoms with van der Waals surface area (Å²) in [7, 11) is 1.60. The molecule has 1 aliphatic heterocycles. The molecule has 1 saturated heterocycles. The van der Waals surface area contributed by atoms with E-state index in [0.29, 0.717) is 0 Å². The smallest absolute Gasteiger partial charge is 0.230 e. The Labute approximate surface area is 100.0 Å². The van der Waals surface area contributed by atoms with E-state index in [-0.39, 0.29) is 30.1 Å². The molecule has 0 aliphatic carbocycles. The molecule has 1 aliphatic rings. The average Bonchev–Trinajstić information content (AvgIpc) is 2.67. The molecule has 0 aromatic heterocycles. The van der Waals surface area contributed by atoms with E-state index >= 15 is 0 Å². The summed E-state index contributed by atoms with van der Waals surface area (Å²) in [5.41, 5.74) is 0.963. The second-order valence-corrected chi connectivity index (χ2v) is 4.25. The van der Waals surface area contributed by atoms with Gasteiger partial charge in [0.1, 0.15) is 5.75 Å². The lowest BCUT2D eigenvalue weighted by Crippen LogP contribution is -2.24. The van der Waals surface area contributed by atoms with Crippen molar-refractivity contribution >= 4 is 11.8 Å². The Kier molecular flexibility index (Phi) is 3.13. The number of ether oxygens (including phenoxy) is 1. The van der Waals surface area contributed by atoms with Crippen molar-refractivity contribution in [1.82, 2.24) is 5.32 Å². The van der Waals surface area contributed by atoms with E-state index in [0.717, 1.165) is 11.3 Å². The van der Waals surface area contributed by atoms with Crippen molar-refractivity contribution in [2.24, 2.45) is 5.92 Å². The highest BCUT2D eigenvalue weighted by Crippen LogP contribution is 2.34. The van der Waals surface area contributed by atoms with Crippen molar-refractivity contribution in [3.8, 4) is 5.75 Å². The Morgan fingerprint density at radius 3 is 2.65 bits per heavy atom. The van der Waals surface area contributed by atoms with Crippen molar-refractivity contribution in [1.29, 1.82) is 0 Å². The van der Waals surface area contributed by atoms with Gasteiger partial charge >= 0.3 is 0 Å². The fourth-order valence-corrected chi connectivity index (χ4v) is 2.24. The number of nitrogens with one attached hydrogen (secondary N) is 1. The van der Waals surface area contributed by atoms with Crippen LogP contribution in [0.5, 0.6) is 5.75 Å². The molecule has 1 aromatic rings. The van der Waals surface area contributed by atoms with E-state index in [9.17, 15) is 9.59 Å². The van der Waals surface area contributed by atoms with E-state index < -0.39 is 0 Å². The lowest BCUT2D eigenvalue weighted by molar-refractivity contribution is -0.126. The third kappa shape index (κ3) is 2.16. The van der Waals surface area contributed by atoms with Gasteiger partial charge in [-0.2, -0.15) is 0 Å². The van der Waals surface area contributed by atoms with Crippen molar-refractivity contribution in [2.75, 3.05) is 7.11 Å². The minimum Gasteiger partial charge on any atom is -0.496 e. The number of hydrogen-bond donors (Lipinski definition) is 1. The van der Waals surface area contributed by atoms with Crippen molar-refractivity contribution in [3.63, 3.8) is 0 Å². The third-order valence-electron chi connectivity index (χ3n) is 3.24. The number of imide groups is 1. The number of carbonyl (C=O) groups excluding carboxylic acids is 2. The Hall–Kier alpha value is -1.84. The van der Waals surface area contributed by atoms with Crippen LogP contribution in [0.2, 0.25) is 0 Å². The van der Waals surface area contributed by atoms with Gasteiger partial charge in [-0.1, -0.05) is 25.1 Å². The molecule has 4 heteroatoms. The predicted octanol–water partition coefficient (Wildman–Crippen LogP) is 1.46. The highest BCUT2D eigenvalue weighted by Gasteiger charge is 2.36. The summed E-state index contributed by atoms with van der Waals surface area (Å²) in [4.78, 5) is 22.8. The third-order valence-corrected chi connectivity index (χ3v) is 3.24. The van der Waals surface area contributed by atoms with Crippen LogP contribution < -0.4 is 10.1 Å². The van der Waals surface area contributed by atoms with Gasteiger partial charge in [0, 0.05) is 6.42 Å². The molecule has 90 valence electrons. The normalized spacial score (nSPS) is 21.2. The number of benzene rings is 1. The summed E-state index contributed by atoms with van der Waals surface area (Å²) in [5, 5.41) is 2.34. The Morgan fingerprint density at radius 2 is 2.06 bits per heavy atom. The largest absolute Gasteiger partial charge is 0.496 e. The zero-order valence-electron chi connectivity index (χ0n) is 9.90. The Bertz CT molecular complexity index is 456. The van der Waals surface area contributed by atoms with E-state index in [1.807, 2.05) is 31.2 Å². The highest BCUT2D eigenvalue weighted by atomic mass is 16.5. The molecule has 0 saturated carbocycles. The molecular formula is C13H15NO3. The molecule has 1 aromatic carbocycles. The summed E-state index contributed by atoms with van der Waals surface area (Å²) < 4.78 is 5.27. The van der Waals surface area contributed by atoms with E-state index in [4.69, 9.17) is 4.74 Å². The van der Waals surface area contributed by atoms with Gasteiger partial charge in [0.2, 0.25) is 11.8 Å². The molecule has 1 fully saturated rings. The topological polar surface area (TPSA) is 55.4 Å². The van der Waals surface area contributed by atoms with Crippen LogP contribution in [0.4, 0.5) is 0 Å². The van der Waals surface area contributed by atoms with Crippen LogP contribution in [0.15, 0.2) is 24.3 Å². The van der Waals surface area contributed by atoms with Crippen molar-refractivity contribution in [2.45, 2.75) is 19.3 Å². The molecule has 0 spiro atoms. The maximum atomic E-state index is 11.6. The zero-order chi connectivity index (χ0) is 12.4. The first kappa shape index (κ1) is 11.6. The summed E-state index contributed by atoms with van der Waals surface area (Å²) >= 11 is 0. The molecule has 2 rings (SSSR count). The molecule has 2 atom stereocenters. The van der Waals surface area contributed by atoms with Crippen LogP contribution >= 0.6 is 0 Å². The van der Waals surface area contributed by atoms with Gasteiger partial charge in [-0.05, 0) is 17.5 Å². The summed E-state index contributed by atoms with van der Waals surface area (Å²) in [5.74, 6) is 0.0544. The fraction of sp³-hybridized carbons (Fsp3) is 0.385. The summed E-state index contributed by atoms with van der Waals surface area (Å²) in [6.45, 7) is 1.95. The molecule has 0 radical (unpaired) electrons. The number of para-hydroxylation sites is 1. The van der Waals surface area contributed by atoms with Crippen LogP contribution in [0, 0.1) is 5.92 Å². The second kappa shape index (κ2) is 4.57. The highest BCUT2D eigenvalue weighted by molar-refractivity contribution is 6.03. The first-order chi connectivity index (χ1) is 8.13. The standard InChI is InChI=1S/C13H15NO3/c1-8(10-7-12(15)14-13(10)16)9-5-3-4-6-11(9)17-2/h3-6,8,10H,7H2,1-2H3,(H,14,15,16). The van der Waals surface area contributed by atoms with Crippen LogP contribution in [0.3, 0.4) is 0 Å². The summed E-state index contributed by atoms with van der Waals surface area (Å²) in [6, 6.07) is 7.58. The van der Waals surface area contributed by atoms with Gasteiger partial charge in [-0.3, -0.25) is 14.9 Å². The zero-order valence-corrected chi connectivity index (χ0v) is 9.90. The molecule has 17 heavy (non-hydrogen) atoms. The molecule has 0 bridgehead atoms. The molecule has 2 amide bonds. The number of rotatable bonds is 3. The molecule has 1 heterocycles. The maximum absolute atomic E-state index is 11.6. The number of hydrogen-bond acceptors (Lipinski definition) is 3. The van der Waals surface area contributed by atoms with Gasteiger partial charge in [-0.25, -0.2) is 0 Å². The average molecular weight is 233 g/mol. The van der Waals surface area contributed by atoms with E-state index in [2.05, 4.69) is 5.32 Å². The lowest BCUT2D eigenvalue weighted by Gasteiger charge is -2.19. The van der Waals surface area contributed by atoms with Crippen LogP contribution in [0.25, 0.3) is 0 Å². The van der Waals surface area contributed by atoms with Crippen LogP contribution in [-0.2, 0) is 9.59 Å². The lowest BCUT2D eigenvalue weighted by atomic mass is 9.86. The molecule has 2 unspecified atom stereocenters. The number of carbonyl (C=O) groups is 2. The molecule has 4 nitrogen and oxygen atoms in total. The number of methoxy groups -OCH3 is 1. The maximum Gasteiger partial charge on any atom is 0.230 e. The molecular weight excluding hydrogens is 218 g/mol. The number of amides is 2. The first-order valence-corrected chi connectivity index (χ1v) is 5.60. The van der Waals surface area contributed by atoms with Gasteiger partial charge in [-0.15, -0.1) is 0 Å². The second-order valence-electron chi connectivity index (χ2n) is 4.25. The predicted molar refractivity (Wildman–Crippen MR) is 62.7 cm³/mol. The van der Waals surface area contributed by atoms with Gasteiger partial charge in [0.05, 0.1) is 13.0 Å². The van der Waals surface area contributed by atoms with Gasteiger partial charge in [0.15, 0.2) is 0 Å². The van der Waals surface area contributed by atoms with E-state index in [1.54, 1.807) is 7.11 Å². The van der Waals surface area contributed by atoms with Gasteiger partial charge < -0.3 is 4.74 Å². The monoisotopic (exact) mass is 233 g/mol. The Morgan fingerprint density at radius 1 is 1.35 bits per heavy atom. The van der Waals surface area contributed by atoms with Crippen LogP contribution in [-0.4, -0.2) is 18.9 Å². The van der Waals surface area contributed by atoms with Gasteiger partial charge in [0.25, 0.3) is 0 Å². The SMILES string of the molecule is COc1ccccc1C(C)C1CC(=O)NC1=O. The quantitative estimate of drug-likeness (QED) is 0.804. The van der Waals surface area contributed by atoms with Crippen LogP contribution in [0.1, 0.15) is 24.8 Å². The van der Waals surface area contributed by atoms with E-state index in [1.165, 1.54) is 0 Å². The van der Waals surface area contributed by atoms with Crippen molar-refractivity contribution < 1.29 is 14.3 Å². The minimum absolute atomic E-state index is 0.0300. The first-order valence-electron chi connectivity index (χ1n) is 5.60. The minimum atomic E-state index is -0.293. The van der Waals surface area contributed by atoms with Crippen molar-refractivity contribution in [3.05, 3.63) is 29.8 Å². The fourth-order valence-electron chi connectivity index (χ4n) is 2.24. The Balaban J connectivity index is 2.27. The molecule has 1 N–H and O–H groups in total. The summed E-state index contributed by atoms with van der Waals surface area (Å²) in [6.07, 6.45) is 0.262.